The van der Waals surface area contributed by atoms with Crippen molar-refractivity contribution in [2.75, 3.05) is 13.2 Å². The van der Waals surface area contributed by atoms with Gasteiger partial charge in [0.1, 0.15) is 31.2 Å². The number of aliphatic hydroxyl groups is 4. The highest BCUT2D eigenvalue weighted by atomic mass is 16.7. The van der Waals surface area contributed by atoms with E-state index in [0.717, 1.165) is 43.1 Å². The van der Waals surface area contributed by atoms with Gasteiger partial charge < -0.3 is 39.4 Å². The standard InChI is InChI=1S/C28H38O9/c1-26-7-5-19-20(28(26,34)9-6-18(26)15-10-22(31)35-12-15)3-2-16-11-17(4-8-27(16,19)14-29)37-25-24(33)23(32)21(30)13-36-25/h10-11,14,17-21,23-25,30,32-34H,2-9,12-13H2,1H3/t17?,18-,19+,20-,21-,23+,24-,25+,26-,27-,28+/m1/s1. The predicted molar refractivity (Wildman–Crippen MR) is 129 cm³/mol. The van der Waals surface area contributed by atoms with Crippen molar-refractivity contribution >= 4 is 12.3 Å². The molecule has 0 aromatic rings. The van der Waals surface area contributed by atoms with Gasteiger partial charge in [-0.05, 0) is 74.7 Å². The molecule has 6 rings (SSSR count). The van der Waals surface area contributed by atoms with Crippen molar-refractivity contribution in [3.8, 4) is 0 Å². The highest BCUT2D eigenvalue weighted by Crippen LogP contribution is 2.69. The molecule has 0 spiro atoms. The number of esters is 1. The van der Waals surface area contributed by atoms with Crippen molar-refractivity contribution in [3.05, 3.63) is 23.3 Å². The Hall–Kier alpha value is -1.62. The number of ether oxygens (including phenoxy) is 3. The Labute approximate surface area is 216 Å². The summed E-state index contributed by atoms with van der Waals surface area (Å²) in [4.78, 5) is 24.6. The number of carbonyl (C=O) groups excluding carboxylic acids is 2. The van der Waals surface area contributed by atoms with E-state index in [1.54, 1.807) is 6.08 Å². The summed E-state index contributed by atoms with van der Waals surface area (Å²) in [5.41, 5.74) is 0.111. The molecule has 0 bridgehead atoms. The lowest BCUT2D eigenvalue weighted by Gasteiger charge is -2.61. The van der Waals surface area contributed by atoms with E-state index in [-0.39, 0.29) is 41.8 Å². The van der Waals surface area contributed by atoms with Crippen molar-refractivity contribution in [2.45, 2.75) is 94.6 Å². The zero-order valence-electron chi connectivity index (χ0n) is 21.3. The topological polar surface area (TPSA) is 143 Å². The summed E-state index contributed by atoms with van der Waals surface area (Å²) in [7, 11) is 0. The normalized spacial score (nSPS) is 51.3. The summed E-state index contributed by atoms with van der Waals surface area (Å²) in [5.74, 6) is -0.165. The molecule has 0 radical (unpaired) electrons. The molecular weight excluding hydrogens is 480 g/mol. The van der Waals surface area contributed by atoms with Gasteiger partial charge in [-0.15, -0.1) is 0 Å². The molecule has 0 aromatic heterocycles. The first-order valence-electron chi connectivity index (χ1n) is 13.7. The van der Waals surface area contributed by atoms with Gasteiger partial charge in [0, 0.05) is 11.5 Å². The first-order chi connectivity index (χ1) is 17.6. The van der Waals surface area contributed by atoms with Crippen LogP contribution in [0.2, 0.25) is 0 Å². The number of carbonyl (C=O) groups is 2. The second kappa shape index (κ2) is 8.96. The molecular formula is C28H38O9. The van der Waals surface area contributed by atoms with E-state index in [9.17, 15) is 30.0 Å². The molecule has 4 N–H and O–H groups in total. The van der Waals surface area contributed by atoms with Crippen LogP contribution >= 0.6 is 0 Å². The SMILES string of the molecule is C[C@]12CC[C@H]3[C@@H](CCC4=CC(O[C@@H]5OC[C@@H](O)[C@H](O)[C@H]5O)CC[C@@]43C=O)[C@@]1(O)CC[C@@H]2C1=CC(=O)OC1. The van der Waals surface area contributed by atoms with Gasteiger partial charge in [-0.2, -0.15) is 0 Å². The third-order valence-corrected chi connectivity index (χ3v) is 11.0. The zero-order valence-corrected chi connectivity index (χ0v) is 21.3. The van der Waals surface area contributed by atoms with Gasteiger partial charge in [0.15, 0.2) is 6.29 Å². The number of fused-ring (bicyclic) bond motifs is 5. The molecule has 9 nitrogen and oxygen atoms in total. The van der Waals surface area contributed by atoms with Gasteiger partial charge in [-0.1, -0.05) is 18.6 Å². The van der Waals surface area contributed by atoms with E-state index in [1.807, 2.05) is 6.08 Å². The Kier molecular flexibility index (Phi) is 6.21. The molecule has 2 aliphatic heterocycles. The fourth-order valence-electron chi connectivity index (χ4n) is 8.96. The van der Waals surface area contributed by atoms with E-state index >= 15 is 0 Å². The minimum atomic E-state index is -1.35. The quantitative estimate of drug-likeness (QED) is 0.245. The first kappa shape index (κ1) is 25.6. The number of rotatable bonds is 4. The lowest BCUT2D eigenvalue weighted by molar-refractivity contribution is -0.279. The molecule has 37 heavy (non-hydrogen) atoms. The number of aldehydes is 1. The maximum Gasteiger partial charge on any atom is 0.331 e. The molecule has 6 aliphatic rings. The van der Waals surface area contributed by atoms with Crippen LogP contribution in [0.4, 0.5) is 0 Å². The third-order valence-electron chi connectivity index (χ3n) is 11.0. The molecule has 4 aliphatic carbocycles. The fourth-order valence-corrected chi connectivity index (χ4v) is 8.96. The van der Waals surface area contributed by atoms with E-state index < -0.39 is 35.6 Å². The number of cyclic esters (lactones) is 1. The fraction of sp³-hybridized carbons (Fsp3) is 0.786. The summed E-state index contributed by atoms with van der Waals surface area (Å²) in [5, 5.41) is 42.3. The predicted octanol–water partition coefficient (Wildman–Crippen LogP) is 1.17. The van der Waals surface area contributed by atoms with E-state index in [4.69, 9.17) is 14.2 Å². The lowest BCUT2D eigenvalue weighted by Crippen LogP contribution is -2.61. The Morgan fingerprint density at radius 1 is 1.05 bits per heavy atom. The van der Waals surface area contributed by atoms with Crippen LogP contribution in [-0.2, 0) is 23.8 Å². The number of allylic oxidation sites excluding steroid dienone is 1. The van der Waals surface area contributed by atoms with Crippen LogP contribution in [0.15, 0.2) is 23.3 Å². The molecule has 4 fully saturated rings. The molecule has 0 amide bonds. The van der Waals surface area contributed by atoms with Gasteiger partial charge in [0.05, 0.1) is 23.7 Å². The van der Waals surface area contributed by atoms with Crippen molar-refractivity contribution in [2.24, 2.45) is 28.6 Å². The number of aliphatic hydroxyl groups excluding tert-OH is 3. The van der Waals surface area contributed by atoms with Crippen LogP contribution in [0.3, 0.4) is 0 Å². The van der Waals surface area contributed by atoms with E-state index in [2.05, 4.69) is 6.92 Å². The van der Waals surface area contributed by atoms with Crippen LogP contribution in [0.25, 0.3) is 0 Å². The lowest BCUT2D eigenvalue weighted by atomic mass is 9.45. The Balaban J connectivity index is 1.23. The van der Waals surface area contributed by atoms with Gasteiger partial charge in [0.25, 0.3) is 0 Å². The molecule has 0 aromatic carbocycles. The molecule has 204 valence electrons. The number of hydrogen-bond acceptors (Lipinski definition) is 9. The summed E-state index contributed by atoms with van der Waals surface area (Å²) in [6, 6.07) is 0. The van der Waals surface area contributed by atoms with Gasteiger partial charge >= 0.3 is 5.97 Å². The Morgan fingerprint density at radius 3 is 2.59 bits per heavy atom. The zero-order chi connectivity index (χ0) is 26.2. The molecule has 9 heteroatoms. The van der Waals surface area contributed by atoms with Gasteiger partial charge in [0.2, 0.25) is 0 Å². The maximum absolute atomic E-state index is 12.8. The van der Waals surface area contributed by atoms with Gasteiger partial charge in [-0.3, -0.25) is 0 Å². The highest BCUT2D eigenvalue weighted by Gasteiger charge is 2.68. The second-order valence-electron chi connectivity index (χ2n) is 12.4. The summed E-state index contributed by atoms with van der Waals surface area (Å²) in [6.07, 6.45) is 5.12. The van der Waals surface area contributed by atoms with Crippen molar-refractivity contribution < 1.29 is 44.2 Å². The van der Waals surface area contributed by atoms with Crippen LogP contribution in [-0.4, -0.2) is 82.2 Å². The Bertz CT molecular complexity index is 1020. The second-order valence-corrected chi connectivity index (χ2v) is 12.4. The van der Waals surface area contributed by atoms with Crippen LogP contribution in [0, 0.1) is 28.6 Å². The molecule has 2 heterocycles. The molecule has 1 unspecified atom stereocenters. The minimum Gasteiger partial charge on any atom is -0.458 e. The average Bonchev–Trinajstić information content (AvgIpc) is 3.43. The molecule has 11 atom stereocenters. The van der Waals surface area contributed by atoms with E-state index in [0.29, 0.717) is 32.3 Å². The van der Waals surface area contributed by atoms with Crippen molar-refractivity contribution in [1.29, 1.82) is 0 Å². The molecule has 1 saturated heterocycles. The Morgan fingerprint density at radius 2 is 1.86 bits per heavy atom. The van der Waals surface area contributed by atoms with Crippen molar-refractivity contribution in [3.63, 3.8) is 0 Å². The highest BCUT2D eigenvalue weighted by molar-refractivity contribution is 5.85. The smallest absolute Gasteiger partial charge is 0.331 e. The van der Waals surface area contributed by atoms with Crippen LogP contribution in [0.1, 0.15) is 58.3 Å². The minimum absolute atomic E-state index is 0.00479. The van der Waals surface area contributed by atoms with Gasteiger partial charge in [-0.25, -0.2) is 4.79 Å². The first-order valence-corrected chi connectivity index (χ1v) is 13.7. The summed E-state index contributed by atoms with van der Waals surface area (Å²) >= 11 is 0. The third kappa shape index (κ3) is 3.65. The summed E-state index contributed by atoms with van der Waals surface area (Å²) in [6.45, 7) is 2.35. The monoisotopic (exact) mass is 518 g/mol. The van der Waals surface area contributed by atoms with Crippen molar-refractivity contribution in [1.82, 2.24) is 0 Å². The molecule has 3 saturated carbocycles. The average molecular weight is 519 g/mol. The summed E-state index contributed by atoms with van der Waals surface area (Å²) < 4.78 is 16.6. The van der Waals surface area contributed by atoms with Crippen LogP contribution in [0.5, 0.6) is 0 Å². The largest absolute Gasteiger partial charge is 0.458 e. The van der Waals surface area contributed by atoms with E-state index in [1.165, 1.54) is 0 Å². The van der Waals surface area contributed by atoms with Crippen LogP contribution < -0.4 is 0 Å². The maximum atomic E-state index is 12.8. The number of hydrogen-bond donors (Lipinski definition) is 4.